The van der Waals surface area contributed by atoms with E-state index in [1.807, 2.05) is 0 Å². The van der Waals surface area contributed by atoms with Crippen molar-refractivity contribution in [3.63, 3.8) is 0 Å². The number of benzene rings is 1. The number of aliphatic hydroxyl groups is 1. The van der Waals surface area contributed by atoms with Gasteiger partial charge in [-0.05, 0) is 37.8 Å². The Balaban J connectivity index is 2.24. The Morgan fingerprint density at radius 2 is 1.13 bits per heavy atom. The van der Waals surface area contributed by atoms with E-state index in [2.05, 4.69) is 4.74 Å². The Kier molecular flexibility index (Phi) is 6.81. The lowest BCUT2D eigenvalue weighted by Gasteiger charge is -2.43. The fraction of sp³-hybridized carbons (Fsp3) is 0.667. The van der Waals surface area contributed by atoms with Gasteiger partial charge in [0, 0.05) is 11.8 Å². The van der Waals surface area contributed by atoms with Crippen LogP contribution in [0.4, 0.5) is 48.3 Å². The van der Waals surface area contributed by atoms with E-state index in [4.69, 9.17) is 0 Å². The first-order valence-electron chi connectivity index (χ1n) is 8.94. The number of rotatable bonds is 5. The highest BCUT2D eigenvalue weighted by atomic mass is 19.4. The summed E-state index contributed by atoms with van der Waals surface area (Å²) in [5.74, 6) is -9.92. The van der Waals surface area contributed by atoms with Gasteiger partial charge in [0.15, 0.2) is 0 Å². The van der Waals surface area contributed by atoms with E-state index in [9.17, 15) is 53.4 Å². The number of halogens is 11. The molecule has 1 saturated carbocycles. The van der Waals surface area contributed by atoms with E-state index >= 15 is 0 Å². The van der Waals surface area contributed by atoms with Crippen LogP contribution in [-0.4, -0.2) is 41.3 Å². The molecular weight excluding hydrogens is 457 g/mol. The second kappa shape index (κ2) is 8.28. The molecule has 1 aliphatic carbocycles. The fourth-order valence-corrected chi connectivity index (χ4v) is 3.73. The summed E-state index contributed by atoms with van der Waals surface area (Å²) < 4.78 is 151. The standard InChI is InChI=1S/C18H17F11O2/c19-14(20,13(16(21,22)23)31-12-4-2-1-3-5-12)10-6-8-11(9-7-10)15(30,17(24,25)26)18(27,28)29/h1-5,10-11,13,30H,6-9H2. The number of hydrogen-bond acceptors (Lipinski definition) is 2. The quantitative estimate of drug-likeness (QED) is 0.508. The zero-order valence-corrected chi connectivity index (χ0v) is 15.5. The first kappa shape index (κ1) is 25.5. The molecule has 0 aromatic heterocycles. The normalized spacial score (nSPS) is 22.8. The maximum absolute atomic E-state index is 14.7. The van der Waals surface area contributed by atoms with Crippen LogP contribution in [0.5, 0.6) is 5.75 Å². The van der Waals surface area contributed by atoms with Gasteiger partial charge in [-0.3, -0.25) is 0 Å². The molecule has 0 radical (unpaired) electrons. The molecule has 1 N–H and O–H groups in total. The maximum atomic E-state index is 14.7. The molecule has 13 heteroatoms. The van der Waals surface area contributed by atoms with E-state index in [-0.39, 0.29) is 0 Å². The molecule has 1 aliphatic rings. The molecule has 2 nitrogen and oxygen atoms in total. The van der Waals surface area contributed by atoms with Gasteiger partial charge >= 0.3 is 18.5 Å². The van der Waals surface area contributed by atoms with Crippen molar-refractivity contribution in [1.29, 1.82) is 0 Å². The molecule has 178 valence electrons. The van der Waals surface area contributed by atoms with Gasteiger partial charge in [0.05, 0.1) is 0 Å². The molecule has 0 bridgehead atoms. The molecule has 0 amide bonds. The van der Waals surface area contributed by atoms with E-state index in [0.717, 1.165) is 12.1 Å². The Labute approximate surface area is 169 Å². The van der Waals surface area contributed by atoms with Crippen molar-refractivity contribution < 1.29 is 58.1 Å². The summed E-state index contributed by atoms with van der Waals surface area (Å²) >= 11 is 0. The van der Waals surface area contributed by atoms with Crippen molar-refractivity contribution in [1.82, 2.24) is 0 Å². The Morgan fingerprint density at radius 3 is 1.52 bits per heavy atom. The molecule has 1 atom stereocenters. The molecular formula is C18H17F11O2. The van der Waals surface area contributed by atoms with Gasteiger partial charge in [-0.2, -0.15) is 39.5 Å². The number of hydrogen-bond donors (Lipinski definition) is 1. The summed E-state index contributed by atoms with van der Waals surface area (Å²) in [6.07, 6.45) is -26.1. The smallest absolute Gasteiger partial charge is 0.431 e. The van der Waals surface area contributed by atoms with Crippen LogP contribution < -0.4 is 4.74 Å². The molecule has 31 heavy (non-hydrogen) atoms. The van der Waals surface area contributed by atoms with Crippen LogP contribution in [0.1, 0.15) is 25.7 Å². The molecule has 1 fully saturated rings. The van der Waals surface area contributed by atoms with Crippen LogP contribution in [0, 0.1) is 11.8 Å². The van der Waals surface area contributed by atoms with Gasteiger partial charge in [0.2, 0.25) is 0 Å². The Bertz CT molecular complexity index is 703. The first-order valence-corrected chi connectivity index (χ1v) is 8.94. The van der Waals surface area contributed by atoms with Gasteiger partial charge in [-0.15, -0.1) is 0 Å². The predicted molar refractivity (Wildman–Crippen MR) is 84.4 cm³/mol. The van der Waals surface area contributed by atoms with Crippen LogP contribution in [0.2, 0.25) is 0 Å². The molecule has 2 rings (SSSR count). The maximum Gasteiger partial charge on any atom is 0.431 e. The zero-order valence-electron chi connectivity index (χ0n) is 15.5. The minimum absolute atomic E-state index is 0.540. The Hall–Kier alpha value is -1.79. The van der Waals surface area contributed by atoms with Gasteiger partial charge < -0.3 is 9.84 Å². The van der Waals surface area contributed by atoms with Crippen molar-refractivity contribution in [2.75, 3.05) is 0 Å². The summed E-state index contributed by atoms with van der Waals surface area (Å²) in [6, 6.07) is 5.80. The highest BCUT2D eigenvalue weighted by Crippen LogP contribution is 2.54. The van der Waals surface area contributed by atoms with Crippen LogP contribution in [0.15, 0.2) is 30.3 Å². The highest BCUT2D eigenvalue weighted by molar-refractivity contribution is 5.22. The number of ether oxygens (including phenoxy) is 1. The lowest BCUT2D eigenvalue weighted by Crippen LogP contribution is -2.62. The summed E-state index contributed by atoms with van der Waals surface area (Å²) in [7, 11) is 0. The van der Waals surface area contributed by atoms with Gasteiger partial charge in [-0.25, -0.2) is 8.78 Å². The van der Waals surface area contributed by atoms with Crippen molar-refractivity contribution in [2.45, 2.75) is 61.8 Å². The minimum Gasteiger partial charge on any atom is -0.474 e. The molecule has 0 spiro atoms. The SMILES string of the molecule is OC(C1CCC(C(F)(F)C(Oc2ccccc2)C(F)(F)F)CC1)(C(F)(F)F)C(F)(F)F. The third-order valence-electron chi connectivity index (χ3n) is 5.37. The lowest BCUT2D eigenvalue weighted by atomic mass is 9.70. The fourth-order valence-electron chi connectivity index (χ4n) is 3.73. The molecule has 0 heterocycles. The minimum atomic E-state index is -6.14. The van der Waals surface area contributed by atoms with Crippen molar-refractivity contribution in [3.05, 3.63) is 30.3 Å². The molecule has 1 unspecified atom stereocenters. The summed E-state index contributed by atoms with van der Waals surface area (Å²) in [5.41, 5.74) is -5.15. The summed E-state index contributed by atoms with van der Waals surface area (Å²) in [4.78, 5) is 0. The second-order valence-corrected chi connectivity index (χ2v) is 7.34. The predicted octanol–water partition coefficient (Wildman–Crippen LogP) is 6.29. The van der Waals surface area contributed by atoms with E-state index in [1.165, 1.54) is 18.2 Å². The summed E-state index contributed by atoms with van der Waals surface area (Å²) in [6.45, 7) is 0. The van der Waals surface area contributed by atoms with Crippen molar-refractivity contribution in [3.8, 4) is 5.75 Å². The third-order valence-corrected chi connectivity index (χ3v) is 5.37. The monoisotopic (exact) mass is 474 g/mol. The zero-order chi connectivity index (χ0) is 23.9. The molecule has 1 aromatic carbocycles. The highest BCUT2D eigenvalue weighted by Gasteiger charge is 2.74. The lowest BCUT2D eigenvalue weighted by molar-refractivity contribution is -0.388. The van der Waals surface area contributed by atoms with Crippen LogP contribution in [0.25, 0.3) is 0 Å². The molecule has 0 saturated heterocycles. The van der Waals surface area contributed by atoms with Gasteiger partial charge in [0.1, 0.15) is 5.75 Å². The third kappa shape index (κ3) is 5.01. The number of para-hydroxylation sites is 1. The van der Waals surface area contributed by atoms with E-state index in [1.54, 1.807) is 0 Å². The summed E-state index contributed by atoms with van der Waals surface area (Å²) in [5, 5.41) is 9.39. The average molecular weight is 474 g/mol. The molecule has 1 aromatic rings. The number of alkyl halides is 11. The van der Waals surface area contributed by atoms with Gasteiger partial charge in [-0.1, -0.05) is 18.2 Å². The van der Waals surface area contributed by atoms with E-state index in [0.29, 0.717) is 0 Å². The first-order chi connectivity index (χ1) is 13.9. The molecule has 0 aliphatic heterocycles. The second-order valence-electron chi connectivity index (χ2n) is 7.34. The van der Waals surface area contributed by atoms with Crippen molar-refractivity contribution in [2.24, 2.45) is 11.8 Å². The topological polar surface area (TPSA) is 29.5 Å². The van der Waals surface area contributed by atoms with Crippen LogP contribution in [-0.2, 0) is 0 Å². The van der Waals surface area contributed by atoms with Crippen molar-refractivity contribution >= 4 is 0 Å². The van der Waals surface area contributed by atoms with Crippen LogP contribution in [0.3, 0.4) is 0 Å². The Morgan fingerprint density at radius 1 is 0.710 bits per heavy atom. The largest absolute Gasteiger partial charge is 0.474 e. The van der Waals surface area contributed by atoms with E-state index < -0.39 is 79.4 Å². The van der Waals surface area contributed by atoms with Crippen LogP contribution >= 0.6 is 0 Å². The van der Waals surface area contributed by atoms with Gasteiger partial charge in [0.25, 0.3) is 17.6 Å². The average Bonchev–Trinajstić information content (AvgIpc) is 2.63.